The molecule has 0 fully saturated rings. The monoisotopic (exact) mass is 463 g/mol. The molecule has 7 heteroatoms. The number of aryl methyl sites for hydroxylation is 3. The number of para-hydroxylation sites is 1. The molecule has 3 aromatic carbocycles. The Kier molecular flexibility index (Phi) is 6.35. The molecule has 0 saturated heterocycles. The molecule has 0 atom stereocenters. The van der Waals surface area contributed by atoms with E-state index in [1.165, 1.54) is 11.8 Å². The second-order valence-corrected chi connectivity index (χ2v) is 8.97. The molecule has 4 aromatic rings. The minimum Gasteiger partial charge on any atom is -0.325 e. The molecule has 0 aliphatic rings. The van der Waals surface area contributed by atoms with E-state index in [2.05, 4.69) is 5.32 Å². The summed E-state index contributed by atoms with van der Waals surface area (Å²) in [7, 11) is 0. The lowest BCUT2D eigenvalue weighted by atomic mass is 10.1. The van der Waals surface area contributed by atoms with Crippen molar-refractivity contribution >= 4 is 45.9 Å². The number of hydrogen-bond donors (Lipinski definition) is 1. The van der Waals surface area contributed by atoms with Crippen LogP contribution in [0.25, 0.3) is 16.6 Å². The second kappa shape index (κ2) is 9.18. The molecule has 162 valence electrons. The Morgan fingerprint density at radius 3 is 2.50 bits per heavy atom. The Labute approximate surface area is 195 Å². The van der Waals surface area contributed by atoms with Gasteiger partial charge in [-0.1, -0.05) is 47.6 Å². The molecule has 1 amide bonds. The summed E-state index contributed by atoms with van der Waals surface area (Å²) in [4.78, 5) is 30.6. The SMILES string of the molecule is Cc1ccc(-n2c(SCC(=O)Nc3ccc(C)c(Cl)c3)nc3ccccc3c2=O)cc1C. The van der Waals surface area contributed by atoms with Gasteiger partial charge in [0.25, 0.3) is 5.56 Å². The first-order valence-corrected chi connectivity index (χ1v) is 11.5. The number of nitrogens with zero attached hydrogens (tertiary/aromatic N) is 2. The van der Waals surface area contributed by atoms with Gasteiger partial charge in [-0.2, -0.15) is 0 Å². The first-order chi connectivity index (χ1) is 15.3. The summed E-state index contributed by atoms with van der Waals surface area (Å²) in [6.07, 6.45) is 0. The van der Waals surface area contributed by atoms with Crippen molar-refractivity contribution in [3.8, 4) is 5.69 Å². The average Bonchev–Trinajstić information content (AvgIpc) is 2.77. The maximum atomic E-state index is 13.3. The number of amides is 1. The molecule has 5 nitrogen and oxygen atoms in total. The van der Waals surface area contributed by atoms with Gasteiger partial charge in [0.15, 0.2) is 5.16 Å². The fourth-order valence-corrected chi connectivity index (χ4v) is 4.29. The smallest absolute Gasteiger partial charge is 0.266 e. The molecule has 0 saturated carbocycles. The Morgan fingerprint density at radius 2 is 1.75 bits per heavy atom. The summed E-state index contributed by atoms with van der Waals surface area (Å²) in [6, 6.07) is 18.5. The van der Waals surface area contributed by atoms with Gasteiger partial charge in [0, 0.05) is 10.7 Å². The van der Waals surface area contributed by atoms with Crippen molar-refractivity contribution < 1.29 is 4.79 Å². The fourth-order valence-electron chi connectivity index (χ4n) is 3.30. The van der Waals surface area contributed by atoms with Crippen LogP contribution in [0.4, 0.5) is 5.69 Å². The van der Waals surface area contributed by atoms with E-state index >= 15 is 0 Å². The van der Waals surface area contributed by atoms with Crippen LogP contribution in [0, 0.1) is 20.8 Å². The summed E-state index contributed by atoms with van der Waals surface area (Å²) < 4.78 is 1.58. The third-order valence-corrected chi connectivity index (χ3v) is 6.63. The van der Waals surface area contributed by atoms with Gasteiger partial charge < -0.3 is 5.32 Å². The summed E-state index contributed by atoms with van der Waals surface area (Å²) in [5, 5.41) is 4.44. The van der Waals surface area contributed by atoms with Crippen molar-refractivity contribution in [2.45, 2.75) is 25.9 Å². The molecule has 1 heterocycles. The number of rotatable bonds is 5. The van der Waals surface area contributed by atoms with Crippen molar-refractivity contribution in [3.05, 3.63) is 92.7 Å². The quantitative estimate of drug-likeness (QED) is 0.305. The van der Waals surface area contributed by atoms with Gasteiger partial charge in [0.2, 0.25) is 5.91 Å². The zero-order chi connectivity index (χ0) is 22.8. The molecule has 0 radical (unpaired) electrons. The van der Waals surface area contributed by atoms with E-state index in [-0.39, 0.29) is 17.2 Å². The Hall–Kier alpha value is -3.09. The number of carbonyl (C=O) groups is 1. The summed E-state index contributed by atoms with van der Waals surface area (Å²) >= 11 is 7.37. The number of hydrogen-bond acceptors (Lipinski definition) is 4. The molecule has 4 rings (SSSR count). The molecule has 0 aliphatic carbocycles. The number of fused-ring (bicyclic) bond motifs is 1. The Morgan fingerprint density at radius 1 is 1.00 bits per heavy atom. The predicted molar refractivity (Wildman–Crippen MR) is 132 cm³/mol. The van der Waals surface area contributed by atoms with Crippen LogP contribution in [0.2, 0.25) is 5.02 Å². The normalized spacial score (nSPS) is 11.0. The highest BCUT2D eigenvalue weighted by atomic mass is 35.5. The molecule has 32 heavy (non-hydrogen) atoms. The molecule has 0 unspecified atom stereocenters. The Balaban J connectivity index is 1.67. The lowest BCUT2D eigenvalue weighted by molar-refractivity contribution is -0.113. The van der Waals surface area contributed by atoms with E-state index in [9.17, 15) is 9.59 Å². The van der Waals surface area contributed by atoms with Crippen LogP contribution in [0.5, 0.6) is 0 Å². The highest BCUT2D eigenvalue weighted by molar-refractivity contribution is 7.99. The van der Waals surface area contributed by atoms with Crippen molar-refractivity contribution in [3.63, 3.8) is 0 Å². The van der Waals surface area contributed by atoms with Gasteiger partial charge in [-0.3, -0.25) is 14.2 Å². The van der Waals surface area contributed by atoms with Crippen LogP contribution in [-0.2, 0) is 4.79 Å². The number of carbonyl (C=O) groups excluding carboxylic acids is 1. The molecular weight excluding hydrogens is 442 g/mol. The van der Waals surface area contributed by atoms with Crippen molar-refractivity contribution in [1.29, 1.82) is 0 Å². The lowest BCUT2D eigenvalue weighted by Crippen LogP contribution is -2.23. The van der Waals surface area contributed by atoms with Crippen molar-refractivity contribution in [2.24, 2.45) is 0 Å². The molecule has 0 spiro atoms. The number of halogens is 1. The second-order valence-electron chi connectivity index (χ2n) is 7.62. The van der Waals surface area contributed by atoms with Crippen molar-refractivity contribution in [2.75, 3.05) is 11.1 Å². The van der Waals surface area contributed by atoms with E-state index < -0.39 is 0 Å². The molecule has 0 aliphatic heterocycles. The molecular formula is C25H22ClN3O2S. The Bertz CT molecular complexity index is 1400. The van der Waals surface area contributed by atoms with Crippen LogP contribution in [0.1, 0.15) is 16.7 Å². The molecule has 1 aromatic heterocycles. The van der Waals surface area contributed by atoms with Gasteiger partial charge in [0.1, 0.15) is 0 Å². The maximum Gasteiger partial charge on any atom is 0.266 e. The zero-order valence-corrected chi connectivity index (χ0v) is 19.6. The minimum absolute atomic E-state index is 0.0983. The van der Waals surface area contributed by atoms with Gasteiger partial charge >= 0.3 is 0 Å². The van der Waals surface area contributed by atoms with Crippen LogP contribution < -0.4 is 10.9 Å². The van der Waals surface area contributed by atoms with Crippen molar-refractivity contribution in [1.82, 2.24) is 9.55 Å². The van der Waals surface area contributed by atoms with E-state index in [1.54, 1.807) is 22.8 Å². The number of thioether (sulfide) groups is 1. The number of benzene rings is 3. The van der Waals surface area contributed by atoms with Gasteiger partial charge in [-0.25, -0.2) is 4.98 Å². The highest BCUT2D eigenvalue weighted by Gasteiger charge is 2.15. The van der Waals surface area contributed by atoms with E-state index in [1.807, 2.05) is 63.2 Å². The van der Waals surface area contributed by atoms with E-state index in [0.717, 1.165) is 22.4 Å². The van der Waals surface area contributed by atoms with E-state index in [4.69, 9.17) is 16.6 Å². The van der Waals surface area contributed by atoms with Crippen LogP contribution in [-0.4, -0.2) is 21.2 Å². The third kappa shape index (κ3) is 4.56. The number of nitrogens with one attached hydrogen (secondary N) is 1. The zero-order valence-electron chi connectivity index (χ0n) is 18.0. The summed E-state index contributed by atoms with van der Waals surface area (Å²) in [5.74, 6) is -0.106. The summed E-state index contributed by atoms with van der Waals surface area (Å²) in [6.45, 7) is 5.93. The van der Waals surface area contributed by atoms with E-state index in [0.29, 0.717) is 26.8 Å². The summed E-state index contributed by atoms with van der Waals surface area (Å²) in [5.41, 5.74) is 4.96. The number of aromatic nitrogens is 2. The topological polar surface area (TPSA) is 64.0 Å². The highest BCUT2D eigenvalue weighted by Crippen LogP contribution is 2.24. The van der Waals surface area contributed by atoms with Gasteiger partial charge in [-0.15, -0.1) is 0 Å². The third-order valence-electron chi connectivity index (χ3n) is 5.28. The fraction of sp³-hybridized carbons (Fsp3) is 0.160. The van der Waals surface area contributed by atoms with Crippen LogP contribution in [0.15, 0.2) is 70.6 Å². The van der Waals surface area contributed by atoms with Crippen LogP contribution in [0.3, 0.4) is 0 Å². The van der Waals surface area contributed by atoms with Gasteiger partial charge in [-0.05, 0) is 73.9 Å². The molecule has 1 N–H and O–H groups in total. The average molecular weight is 464 g/mol. The first-order valence-electron chi connectivity index (χ1n) is 10.1. The predicted octanol–water partition coefficient (Wildman–Crippen LogP) is 5.70. The largest absolute Gasteiger partial charge is 0.325 e. The first kappa shape index (κ1) is 22.1. The lowest BCUT2D eigenvalue weighted by Gasteiger charge is -2.14. The van der Waals surface area contributed by atoms with Gasteiger partial charge in [0.05, 0.1) is 22.3 Å². The minimum atomic E-state index is -0.205. The molecule has 0 bridgehead atoms. The number of anilines is 1. The standard InChI is InChI=1S/C25H22ClN3O2S/c1-15-9-11-19(12-17(15)3)29-24(31)20-6-4-5-7-22(20)28-25(29)32-14-23(30)27-18-10-8-16(2)21(26)13-18/h4-13H,14H2,1-3H3,(H,27,30). The maximum absolute atomic E-state index is 13.3. The van der Waals surface area contributed by atoms with Crippen LogP contribution >= 0.6 is 23.4 Å².